The Balaban J connectivity index is 2.54. The van der Waals surface area contributed by atoms with Crippen molar-refractivity contribution in [3.8, 4) is 5.75 Å². The number of nitrogens with two attached hydrogens (primary N) is 1. The van der Waals surface area contributed by atoms with Crippen molar-refractivity contribution in [1.82, 2.24) is 5.43 Å². The molecular formula is C14H13Br2ClN2O. The molecule has 0 amide bonds. The Bertz CT molecular complexity index is 602. The highest BCUT2D eigenvalue weighted by Crippen LogP contribution is 2.34. The normalized spacial score (nSPS) is 12.2. The van der Waals surface area contributed by atoms with Crippen LogP contribution in [0.25, 0.3) is 0 Å². The molecule has 0 aliphatic rings. The largest absolute Gasteiger partial charge is 0.496 e. The van der Waals surface area contributed by atoms with Crippen molar-refractivity contribution in [3.63, 3.8) is 0 Å². The first-order valence-corrected chi connectivity index (χ1v) is 7.77. The molecule has 2 aromatic carbocycles. The summed E-state index contributed by atoms with van der Waals surface area (Å²) in [6, 6.07) is 11.2. The van der Waals surface area contributed by atoms with E-state index in [-0.39, 0.29) is 6.04 Å². The number of ether oxygens (including phenoxy) is 1. The van der Waals surface area contributed by atoms with Gasteiger partial charge in [0.25, 0.3) is 0 Å². The number of hydrogen-bond donors (Lipinski definition) is 2. The van der Waals surface area contributed by atoms with Crippen LogP contribution < -0.4 is 16.0 Å². The minimum atomic E-state index is -0.225. The Hall–Kier alpha value is -0.590. The summed E-state index contributed by atoms with van der Waals surface area (Å²) >= 11 is 13.0. The maximum atomic E-state index is 6.08. The molecule has 0 bridgehead atoms. The second kappa shape index (κ2) is 6.91. The fourth-order valence-electron chi connectivity index (χ4n) is 2.04. The van der Waals surface area contributed by atoms with E-state index in [1.165, 1.54) is 0 Å². The lowest BCUT2D eigenvalue weighted by Crippen LogP contribution is -2.29. The summed E-state index contributed by atoms with van der Waals surface area (Å²) in [7, 11) is 1.62. The van der Waals surface area contributed by atoms with Gasteiger partial charge in [-0.05, 0) is 42.0 Å². The number of nitrogens with one attached hydrogen (secondary N) is 1. The summed E-state index contributed by atoms with van der Waals surface area (Å²) in [5, 5.41) is 0.634. The number of hydrazine groups is 1. The molecular weight excluding hydrogens is 407 g/mol. The Labute approximate surface area is 139 Å². The third-order valence-electron chi connectivity index (χ3n) is 2.89. The summed E-state index contributed by atoms with van der Waals surface area (Å²) in [6.45, 7) is 0. The average Bonchev–Trinajstić information content (AvgIpc) is 2.39. The molecule has 0 aromatic heterocycles. The zero-order valence-corrected chi connectivity index (χ0v) is 14.6. The lowest BCUT2D eigenvalue weighted by molar-refractivity contribution is 0.404. The number of hydrogen-bond acceptors (Lipinski definition) is 3. The lowest BCUT2D eigenvalue weighted by Gasteiger charge is -2.20. The van der Waals surface area contributed by atoms with Gasteiger partial charge >= 0.3 is 0 Å². The minimum Gasteiger partial charge on any atom is -0.496 e. The van der Waals surface area contributed by atoms with Crippen molar-refractivity contribution in [1.29, 1.82) is 0 Å². The molecule has 0 radical (unpaired) electrons. The van der Waals surface area contributed by atoms with Crippen molar-refractivity contribution >= 4 is 43.5 Å². The van der Waals surface area contributed by atoms with E-state index in [0.29, 0.717) is 5.02 Å². The molecule has 0 fully saturated rings. The van der Waals surface area contributed by atoms with E-state index >= 15 is 0 Å². The van der Waals surface area contributed by atoms with Crippen molar-refractivity contribution in [3.05, 3.63) is 61.5 Å². The van der Waals surface area contributed by atoms with E-state index in [9.17, 15) is 0 Å². The van der Waals surface area contributed by atoms with Gasteiger partial charge in [0, 0.05) is 19.5 Å². The van der Waals surface area contributed by atoms with Crippen molar-refractivity contribution in [2.45, 2.75) is 6.04 Å². The summed E-state index contributed by atoms with van der Waals surface area (Å²) in [6.07, 6.45) is 0. The highest BCUT2D eigenvalue weighted by molar-refractivity contribution is 9.11. The van der Waals surface area contributed by atoms with E-state index in [2.05, 4.69) is 37.3 Å². The molecule has 6 heteroatoms. The second-order valence-electron chi connectivity index (χ2n) is 4.19. The Morgan fingerprint density at radius 1 is 1.15 bits per heavy atom. The van der Waals surface area contributed by atoms with Crippen molar-refractivity contribution in [2.75, 3.05) is 7.11 Å². The molecule has 0 aliphatic carbocycles. The number of benzene rings is 2. The summed E-state index contributed by atoms with van der Waals surface area (Å²) in [5.74, 6) is 6.46. The molecule has 0 heterocycles. The third-order valence-corrected chi connectivity index (χ3v) is 4.04. The van der Waals surface area contributed by atoms with Gasteiger partial charge in [-0.2, -0.15) is 0 Å². The summed E-state index contributed by atoms with van der Waals surface area (Å²) in [4.78, 5) is 0. The Morgan fingerprint density at radius 3 is 2.35 bits per heavy atom. The quantitative estimate of drug-likeness (QED) is 0.568. The molecule has 1 atom stereocenters. The SMILES string of the molecule is COc1ccc(Cl)cc1C(NN)c1cc(Br)cc(Br)c1. The highest BCUT2D eigenvalue weighted by Gasteiger charge is 2.18. The van der Waals surface area contributed by atoms with Crippen LogP contribution in [0, 0.1) is 0 Å². The van der Waals surface area contributed by atoms with Crippen LogP contribution in [0.4, 0.5) is 0 Å². The molecule has 2 aromatic rings. The molecule has 0 spiro atoms. The highest BCUT2D eigenvalue weighted by atomic mass is 79.9. The van der Waals surface area contributed by atoms with Crippen LogP contribution in [0.1, 0.15) is 17.2 Å². The lowest BCUT2D eigenvalue weighted by atomic mass is 9.98. The molecule has 2 rings (SSSR count). The first-order chi connectivity index (χ1) is 9.55. The molecule has 106 valence electrons. The second-order valence-corrected chi connectivity index (χ2v) is 6.46. The summed E-state index contributed by atoms with van der Waals surface area (Å²) in [5.41, 5.74) is 4.69. The number of halogens is 3. The summed E-state index contributed by atoms with van der Waals surface area (Å²) < 4.78 is 7.31. The number of rotatable bonds is 4. The van der Waals surface area contributed by atoms with Gasteiger partial charge < -0.3 is 4.74 Å². The van der Waals surface area contributed by atoms with E-state index in [0.717, 1.165) is 25.8 Å². The predicted molar refractivity (Wildman–Crippen MR) is 89.0 cm³/mol. The molecule has 20 heavy (non-hydrogen) atoms. The minimum absolute atomic E-state index is 0.225. The van der Waals surface area contributed by atoms with Gasteiger partial charge in [-0.15, -0.1) is 0 Å². The van der Waals surface area contributed by atoms with Crippen LogP contribution in [-0.2, 0) is 0 Å². The molecule has 0 saturated heterocycles. The average molecular weight is 421 g/mol. The van der Waals surface area contributed by atoms with Gasteiger partial charge in [-0.1, -0.05) is 43.5 Å². The zero-order chi connectivity index (χ0) is 14.7. The van der Waals surface area contributed by atoms with E-state index in [1.807, 2.05) is 30.3 Å². The monoisotopic (exact) mass is 418 g/mol. The number of methoxy groups -OCH3 is 1. The molecule has 0 aliphatic heterocycles. The van der Waals surface area contributed by atoms with Gasteiger partial charge in [0.1, 0.15) is 5.75 Å². The molecule has 1 unspecified atom stereocenters. The van der Waals surface area contributed by atoms with Crippen LogP contribution in [0.5, 0.6) is 5.75 Å². The van der Waals surface area contributed by atoms with Crippen LogP contribution in [-0.4, -0.2) is 7.11 Å². The van der Waals surface area contributed by atoms with E-state index in [4.69, 9.17) is 22.2 Å². The standard InChI is InChI=1S/C14H13Br2ClN2O/c1-20-13-3-2-11(17)7-12(13)14(19-18)8-4-9(15)6-10(16)5-8/h2-7,14,19H,18H2,1H3. The smallest absolute Gasteiger partial charge is 0.124 e. The van der Waals surface area contributed by atoms with E-state index in [1.54, 1.807) is 13.2 Å². The van der Waals surface area contributed by atoms with Crippen LogP contribution >= 0.6 is 43.5 Å². The van der Waals surface area contributed by atoms with Crippen molar-refractivity contribution in [2.24, 2.45) is 5.84 Å². The van der Waals surface area contributed by atoms with Crippen LogP contribution in [0.2, 0.25) is 5.02 Å². The van der Waals surface area contributed by atoms with Crippen LogP contribution in [0.3, 0.4) is 0 Å². The van der Waals surface area contributed by atoms with Gasteiger partial charge in [-0.3, -0.25) is 5.84 Å². The molecule has 3 nitrogen and oxygen atoms in total. The molecule has 0 saturated carbocycles. The zero-order valence-electron chi connectivity index (χ0n) is 10.7. The Morgan fingerprint density at radius 2 is 1.80 bits per heavy atom. The fourth-order valence-corrected chi connectivity index (χ4v) is 3.55. The van der Waals surface area contributed by atoms with Crippen molar-refractivity contribution < 1.29 is 4.74 Å². The predicted octanol–water partition coefficient (Wildman–Crippen LogP) is 4.43. The van der Waals surface area contributed by atoms with Gasteiger partial charge in [0.15, 0.2) is 0 Å². The maximum absolute atomic E-state index is 6.08. The third kappa shape index (κ3) is 3.54. The van der Waals surface area contributed by atoms with Gasteiger partial charge in [0.2, 0.25) is 0 Å². The van der Waals surface area contributed by atoms with Crippen LogP contribution in [0.15, 0.2) is 45.3 Å². The topological polar surface area (TPSA) is 47.3 Å². The molecule has 3 N–H and O–H groups in total. The first-order valence-electron chi connectivity index (χ1n) is 5.80. The van der Waals surface area contributed by atoms with Gasteiger partial charge in [0.05, 0.1) is 13.2 Å². The van der Waals surface area contributed by atoms with Gasteiger partial charge in [-0.25, -0.2) is 5.43 Å². The maximum Gasteiger partial charge on any atom is 0.124 e. The Kier molecular flexibility index (Phi) is 5.46. The fraction of sp³-hybridized carbons (Fsp3) is 0.143. The first kappa shape index (κ1) is 15.8. The van der Waals surface area contributed by atoms with E-state index < -0.39 is 0 Å².